The van der Waals surface area contributed by atoms with E-state index in [1.807, 2.05) is 0 Å². The number of nitrogens with one attached hydrogen (secondary N) is 1. The number of benzene rings is 2. The van der Waals surface area contributed by atoms with Gasteiger partial charge in [0.15, 0.2) is 0 Å². The first-order valence-corrected chi connectivity index (χ1v) is 7.91. The van der Waals surface area contributed by atoms with Crippen LogP contribution in [0.25, 0.3) is 0 Å². The Bertz CT molecular complexity index is 613. The maximum absolute atomic E-state index is 3.73. The summed E-state index contributed by atoms with van der Waals surface area (Å²) in [6, 6.07) is 13.6. The Balaban J connectivity index is 2.51. The van der Waals surface area contributed by atoms with E-state index < -0.39 is 0 Å². The second-order valence-electron chi connectivity index (χ2n) is 6.04. The minimum atomic E-state index is 0.283. The lowest BCUT2D eigenvalue weighted by Crippen LogP contribution is -2.24. The van der Waals surface area contributed by atoms with Crippen LogP contribution >= 0.6 is 0 Å². The maximum Gasteiger partial charge on any atom is 0.0582 e. The summed E-state index contributed by atoms with van der Waals surface area (Å²) in [6.45, 7) is 12.1. The largest absolute Gasteiger partial charge is 0.306 e. The zero-order valence-corrected chi connectivity index (χ0v) is 14.0. The normalized spacial score (nSPS) is 12.4. The van der Waals surface area contributed by atoms with E-state index in [1.54, 1.807) is 0 Å². The molecule has 112 valence electrons. The summed E-state index contributed by atoms with van der Waals surface area (Å²) in [5.74, 6) is 0. The van der Waals surface area contributed by atoms with Crippen molar-refractivity contribution in [3.8, 4) is 0 Å². The molecule has 1 unspecified atom stereocenters. The summed E-state index contributed by atoms with van der Waals surface area (Å²) >= 11 is 0. The molecular weight excluding hydrogens is 254 g/mol. The van der Waals surface area contributed by atoms with Crippen LogP contribution in [0.3, 0.4) is 0 Å². The quantitative estimate of drug-likeness (QED) is 0.812. The van der Waals surface area contributed by atoms with Crippen LogP contribution in [-0.2, 0) is 0 Å². The fraction of sp³-hybridized carbons (Fsp3) is 0.400. The summed E-state index contributed by atoms with van der Waals surface area (Å²) in [6.07, 6.45) is 1.15. The molecule has 1 N–H and O–H groups in total. The minimum absolute atomic E-state index is 0.283. The van der Waals surface area contributed by atoms with Gasteiger partial charge in [-0.3, -0.25) is 0 Å². The average molecular weight is 281 g/mol. The molecule has 0 saturated heterocycles. The van der Waals surface area contributed by atoms with Crippen molar-refractivity contribution < 1.29 is 0 Å². The highest BCUT2D eigenvalue weighted by Gasteiger charge is 2.17. The van der Waals surface area contributed by atoms with Gasteiger partial charge in [0.05, 0.1) is 6.04 Å². The van der Waals surface area contributed by atoms with Gasteiger partial charge in [-0.2, -0.15) is 0 Å². The van der Waals surface area contributed by atoms with E-state index in [1.165, 1.54) is 33.4 Å². The molecule has 0 spiro atoms. The Labute approximate surface area is 129 Å². The predicted octanol–water partition coefficient (Wildman–Crippen LogP) is 5.01. The number of rotatable bonds is 5. The zero-order valence-electron chi connectivity index (χ0n) is 14.0. The summed E-state index contributed by atoms with van der Waals surface area (Å²) in [5.41, 5.74) is 8.25. The van der Waals surface area contributed by atoms with Crippen LogP contribution in [0, 0.1) is 27.7 Å². The molecule has 1 nitrogen and oxygen atoms in total. The molecular formula is C20H27N. The van der Waals surface area contributed by atoms with Crippen LogP contribution in [0.5, 0.6) is 0 Å². The van der Waals surface area contributed by atoms with E-state index in [9.17, 15) is 0 Å². The molecule has 0 bridgehead atoms. The van der Waals surface area contributed by atoms with Crippen LogP contribution < -0.4 is 5.32 Å². The monoisotopic (exact) mass is 281 g/mol. The highest BCUT2D eigenvalue weighted by molar-refractivity contribution is 5.44. The van der Waals surface area contributed by atoms with Crippen LogP contribution in [0.1, 0.15) is 52.8 Å². The Kier molecular flexibility index (Phi) is 5.19. The van der Waals surface area contributed by atoms with Gasteiger partial charge in [0.1, 0.15) is 0 Å². The van der Waals surface area contributed by atoms with Gasteiger partial charge in [-0.25, -0.2) is 0 Å². The van der Waals surface area contributed by atoms with E-state index >= 15 is 0 Å². The van der Waals surface area contributed by atoms with Gasteiger partial charge < -0.3 is 5.32 Å². The standard InChI is InChI=1S/C20H27N/c1-6-11-21-20(18-10-8-7-9-14(18)2)19-13-16(4)15(3)12-17(19)5/h7-10,12-13,20-21H,6,11H2,1-5H3. The highest BCUT2D eigenvalue weighted by Crippen LogP contribution is 2.29. The maximum atomic E-state index is 3.73. The molecule has 0 amide bonds. The predicted molar refractivity (Wildman–Crippen MR) is 92.0 cm³/mol. The van der Waals surface area contributed by atoms with E-state index in [0.29, 0.717) is 0 Å². The van der Waals surface area contributed by atoms with E-state index in [4.69, 9.17) is 0 Å². The van der Waals surface area contributed by atoms with Crippen LogP contribution in [0.4, 0.5) is 0 Å². The van der Waals surface area contributed by atoms with E-state index in [2.05, 4.69) is 76.3 Å². The third-order valence-electron chi connectivity index (χ3n) is 4.29. The smallest absolute Gasteiger partial charge is 0.0582 e. The fourth-order valence-corrected chi connectivity index (χ4v) is 2.88. The van der Waals surface area contributed by atoms with Crippen LogP contribution in [0.15, 0.2) is 36.4 Å². The van der Waals surface area contributed by atoms with Crippen molar-refractivity contribution in [2.45, 2.75) is 47.1 Å². The van der Waals surface area contributed by atoms with Crippen molar-refractivity contribution in [3.63, 3.8) is 0 Å². The van der Waals surface area contributed by atoms with Crippen molar-refractivity contribution in [2.75, 3.05) is 6.54 Å². The molecule has 21 heavy (non-hydrogen) atoms. The van der Waals surface area contributed by atoms with Crippen molar-refractivity contribution in [1.82, 2.24) is 5.32 Å². The molecule has 0 radical (unpaired) electrons. The SMILES string of the molecule is CCCNC(c1ccccc1C)c1cc(C)c(C)cc1C. The lowest BCUT2D eigenvalue weighted by Gasteiger charge is -2.24. The van der Waals surface area contributed by atoms with Crippen LogP contribution in [-0.4, -0.2) is 6.54 Å². The molecule has 1 heteroatoms. The molecule has 0 aliphatic rings. The van der Waals surface area contributed by atoms with Crippen molar-refractivity contribution >= 4 is 0 Å². The van der Waals surface area contributed by atoms with Gasteiger partial charge in [-0.15, -0.1) is 0 Å². The van der Waals surface area contributed by atoms with E-state index in [0.717, 1.165) is 13.0 Å². The van der Waals surface area contributed by atoms with Gasteiger partial charge in [-0.1, -0.05) is 43.3 Å². The van der Waals surface area contributed by atoms with Gasteiger partial charge in [0, 0.05) is 0 Å². The second kappa shape index (κ2) is 6.91. The molecule has 0 aromatic heterocycles. The molecule has 1 atom stereocenters. The summed E-state index contributed by atoms with van der Waals surface area (Å²) < 4.78 is 0. The Morgan fingerprint density at radius 3 is 2.14 bits per heavy atom. The molecule has 0 saturated carbocycles. The molecule has 2 rings (SSSR count). The zero-order chi connectivity index (χ0) is 15.4. The van der Waals surface area contributed by atoms with Gasteiger partial charge in [0.2, 0.25) is 0 Å². The molecule has 0 heterocycles. The first-order chi connectivity index (χ1) is 10.0. The third-order valence-corrected chi connectivity index (χ3v) is 4.29. The summed E-state index contributed by atoms with van der Waals surface area (Å²) in [5, 5.41) is 3.73. The lowest BCUT2D eigenvalue weighted by atomic mass is 9.89. The Hall–Kier alpha value is -1.60. The van der Waals surface area contributed by atoms with Gasteiger partial charge >= 0.3 is 0 Å². The molecule has 0 aliphatic heterocycles. The molecule has 0 aliphatic carbocycles. The van der Waals surface area contributed by atoms with Crippen molar-refractivity contribution in [3.05, 3.63) is 69.8 Å². The number of aryl methyl sites for hydroxylation is 4. The summed E-state index contributed by atoms with van der Waals surface area (Å²) in [4.78, 5) is 0. The Morgan fingerprint density at radius 1 is 0.810 bits per heavy atom. The summed E-state index contributed by atoms with van der Waals surface area (Å²) in [7, 11) is 0. The third kappa shape index (κ3) is 3.54. The first kappa shape index (κ1) is 15.8. The van der Waals surface area contributed by atoms with Crippen molar-refractivity contribution in [2.24, 2.45) is 0 Å². The number of hydrogen-bond acceptors (Lipinski definition) is 1. The Morgan fingerprint density at radius 2 is 1.48 bits per heavy atom. The highest BCUT2D eigenvalue weighted by atomic mass is 14.9. The first-order valence-electron chi connectivity index (χ1n) is 7.91. The molecule has 0 fully saturated rings. The lowest BCUT2D eigenvalue weighted by molar-refractivity contribution is 0.593. The fourth-order valence-electron chi connectivity index (χ4n) is 2.88. The second-order valence-corrected chi connectivity index (χ2v) is 6.04. The minimum Gasteiger partial charge on any atom is -0.306 e. The number of hydrogen-bond donors (Lipinski definition) is 1. The van der Waals surface area contributed by atoms with Gasteiger partial charge in [-0.05, 0) is 74.0 Å². The average Bonchev–Trinajstić information content (AvgIpc) is 2.46. The molecule has 2 aromatic rings. The van der Waals surface area contributed by atoms with Crippen molar-refractivity contribution in [1.29, 1.82) is 0 Å². The van der Waals surface area contributed by atoms with Gasteiger partial charge in [0.25, 0.3) is 0 Å². The van der Waals surface area contributed by atoms with E-state index in [-0.39, 0.29) is 6.04 Å². The molecule has 2 aromatic carbocycles. The van der Waals surface area contributed by atoms with Crippen LogP contribution in [0.2, 0.25) is 0 Å². The topological polar surface area (TPSA) is 12.0 Å².